The lowest BCUT2D eigenvalue weighted by Gasteiger charge is -2.42. The van der Waals surface area contributed by atoms with Crippen LogP contribution in [-0.4, -0.2) is 38.7 Å². The normalized spacial score (nSPS) is 21.6. The molecule has 2 amide bonds. The SMILES string of the molecule is CC(C)c1noc(CNC(=O)N2CC3CC(C2)c2cccc(=O)n2C3)n1. The highest BCUT2D eigenvalue weighted by Gasteiger charge is 2.36. The van der Waals surface area contributed by atoms with Crippen LogP contribution >= 0.6 is 0 Å². The van der Waals surface area contributed by atoms with Crippen LogP contribution in [0.1, 0.15) is 49.5 Å². The number of pyridine rings is 1. The van der Waals surface area contributed by atoms with Gasteiger partial charge in [0.15, 0.2) is 5.82 Å². The number of hydrogen-bond donors (Lipinski definition) is 1. The van der Waals surface area contributed by atoms with E-state index >= 15 is 0 Å². The Balaban J connectivity index is 1.41. The van der Waals surface area contributed by atoms with Gasteiger partial charge in [0.25, 0.3) is 5.56 Å². The largest absolute Gasteiger partial charge is 0.337 e. The van der Waals surface area contributed by atoms with Gasteiger partial charge in [0.2, 0.25) is 5.89 Å². The molecule has 1 fully saturated rings. The zero-order valence-electron chi connectivity index (χ0n) is 15.0. The minimum Gasteiger partial charge on any atom is -0.337 e. The molecule has 2 aromatic heterocycles. The van der Waals surface area contributed by atoms with Crippen molar-refractivity contribution in [2.75, 3.05) is 13.1 Å². The number of aromatic nitrogens is 3. The first kappa shape index (κ1) is 16.8. The molecule has 8 heteroatoms. The summed E-state index contributed by atoms with van der Waals surface area (Å²) in [5.41, 5.74) is 1.08. The van der Waals surface area contributed by atoms with E-state index in [0.717, 1.165) is 12.1 Å². The second-order valence-corrected chi connectivity index (χ2v) is 7.46. The van der Waals surface area contributed by atoms with Crippen LogP contribution < -0.4 is 10.9 Å². The molecule has 2 aromatic rings. The lowest BCUT2D eigenvalue weighted by molar-refractivity contribution is 0.130. The Morgan fingerprint density at radius 3 is 2.96 bits per heavy atom. The van der Waals surface area contributed by atoms with Gasteiger partial charge >= 0.3 is 6.03 Å². The zero-order chi connectivity index (χ0) is 18.3. The van der Waals surface area contributed by atoms with E-state index in [9.17, 15) is 9.59 Å². The van der Waals surface area contributed by atoms with Crippen molar-refractivity contribution in [3.8, 4) is 0 Å². The molecule has 1 N–H and O–H groups in total. The molecule has 2 aliphatic rings. The average Bonchev–Trinajstić information content (AvgIpc) is 3.10. The lowest BCUT2D eigenvalue weighted by atomic mass is 9.83. The number of carbonyl (C=O) groups excluding carboxylic acids is 1. The molecular formula is C18H23N5O3. The quantitative estimate of drug-likeness (QED) is 0.902. The van der Waals surface area contributed by atoms with Gasteiger partial charge < -0.3 is 19.3 Å². The van der Waals surface area contributed by atoms with Crippen molar-refractivity contribution < 1.29 is 9.32 Å². The smallest absolute Gasteiger partial charge is 0.317 e. The van der Waals surface area contributed by atoms with Crippen molar-refractivity contribution >= 4 is 6.03 Å². The van der Waals surface area contributed by atoms with E-state index in [-0.39, 0.29) is 30.0 Å². The van der Waals surface area contributed by atoms with Gasteiger partial charge in [-0.25, -0.2) is 4.79 Å². The van der Waals surface area contributed by atoms with Crippen LogP contribution in [0, 0.1) is 5.92 Å². The number of piperidine rings is 1. The fourth-order valence-electron chi connectivity index (χ4n) is 3.90. The third-order valence-corrected chi connectivity index (χ3v) is 5.16. The summed E-state index contributed by atoms with van der Waals surface area (Å²) < 4.78 is 7.03. The summed E-state index contributed by atoms with van der Waals surface area (Å²) in [5.74, 6) is 1.76. The summed E-state index contributed by atoms with van der Waals surface area (Å²) in [7, 11) is 0. The molecule has 2 atom stereocenters. The Morgan fingerprint density at radius 1 is 1.35 bits per heavy atom. The van der Waals surface area contributed by atoms with Crippen LogP contribution in [0.25, 0.3) is 0 Å². The number of rotatable bonds is 3. The van der Waals surface area contributed by atoms with Crippen LogP contribution in [0.15, 0.2) is 27.5 Å². The van der Waals surface area contributed by atoms with Gasteiger partial charge in [0.05, 0.1) is 6.54 Å². The van der Waals surface area contributed by atoms with Gasteiger partial charge in [-0.05, 0) is 18.4 Å². The van der Waals surface area contributed by atoms with Gasteiger partial charge in [-0.2, -0.15) is 4.98 Å². The molecule has 2 unspecified atom stereocenters. The molecule has 8 nitrogen and oxygen atoms in total. The van der Waals surface area contributed by atoms with Crippen LogP contribution in [0.5, 0.6) is 0 Å². The standard InChI is InChI=1S/C18H23N5O3/c1-11(2)17-20-15(26-21-17)7-19-18(25)22-8-12-6-13(10-22)14-4-3-5-16(24)23(14)9-12/h3-5,11-13H,6-10H2,1-2H3,(H,19,25). The fraction of sp³-hybridized carbons (Fsp3) is 0.556. The molecular weight excluding hydrogens is 334 g/mol. The second-order valence-electron chi connectivity index (χ2n) is 7.46. The lowest BCUT2D eigenvalue weighted by Crippen LogP contribution is -2.51. The van der Waals surface area contributed by atoms with Gasteiger partial charge in [-0.1, -0.05) is 25.1 Å². The van der Waals surface area contributed by atoms with E-state index in [2.05, 4.69) is 15.5 Å². The average molecular weight is 357 g/mol. The highest BCUT2D eigenvalue weighted by atomic mass is 16.5. The summed E-state index contributed by atoms with van der Waals surface area (Å²) >= 11 is 0. The molecule has 138 valence electrons. The zero-order valence-corrected chi connectivity index (χ0v) is 15.0. The second kappa shape index (κ2) is 6.59. The van der Waals surface area contributed by atoms with Crippen molar-refractivity contribution in [1.82, 2.24) is 24.9 Å². The first-order chi connectivity index (χ1) is 12.5. The minimum absolute atomic E-state index is 0.0486. The monoisotopic (exact) mass is 357 g/mol. The summed E-state index contributed by atoms with van der Waals surface area (Å²) in [6, 6.07) is 5.27. The number of nitrogens with one attached hydrogen (secondary N) is 1. The number of urea groups is 1. The van der Waals surface area contributed by atoms with E-state index in [1.807, 2.05) is 29.4 Å². The maximum absolute atomic E-state index is 12.6. The van der Waals surface area contributed by atoms with Crippen LogP contribution in [0.2, 0.25) is 0 Å². The molecule has 0 aliphatic carbocycles. The Labute approximate surface area is 151 Å². The molecule has 0 spiro atoms. The highest BCUT2D eigenvalue weighted by Crippen LogP contribution is 2.34. The maximum Gasteiger partial charge on any atom is 0.317 e. The molecule has 4 rings (SSSR count). The van der Waals surface area contributed by atoms with Crippen LogP contribution in [0.4, 0.5) is 4.79 Å². The molecule has 2 bridgehead atoms. The third-order valence-electron chi connectivity index (χ3n) is 5.16. The van der Waals surface area contributed by atoms with Crippen molar-refractivity contribution in [3.63, 3.8) is 0 Å². The van der Waals surface area contributed by atoms with E-state index in [1.165, 1.54) is 0 Å². The van der Waals surface area contributed by atoms with Crippen molar-refractivity contribution in [1.29, 1.82) is 0 Å². The number of carbonyl (C=O) groups is 1. The molecule has 2 aliphatic heterocycles. The molecule has 4 heterocycles. The van der Waals surface area contributed by atoms with E-state index in [1.54, 1.807) is 12.1 Å². The summed E-state index contributed by atoms with van der Waals surface area (Å²) in [4.78, 5) is 30.8. The number of hydrogen-bond acceptors (Lipinski definition) is 5. The van der Waals surface area contributed by atoms with Gasteiger partial charge in [-0.15, -0.1) is 0 Å². The van der Waals surface area contributed by atoms with Gasteiger partial charge in [0, 0.05) is 43.2 Å². The Hall–Kier alpha value is -2.64. The Kier molecular flexibility index (Phi) is 4.26. The molecule has 0 saturated carbocycles. The molecule has 26 heavy (non-hydrogen) atoms. The van der Waals surface area contributed by atoms with Crippen molar-refractivity contribution in [2.45, 2.75) is 45.2 Å². The molecule has 1 saturated heterocycles. The first-order valence-corrected chi connectivity index (χ1v) is 9.06. The number of fused-ring (bicyclic) bond motifs is 4. The minimum atomic E-state index is -0.129. The predicted octanol–water partition coefficient (Wildman–Crippen LogP) is 1.68. The first-order valence-electron chi connectivity index (χ1n) is 9.06. The van der Waals surface area contributed by atoms with Gasteiger partial charge in [-0.3, -0.25) is 4.79 Å². The fourth-order valence-corrected chi connectivity index (χ4v) is 3.90. The van der Waals surface area contributed by atoms with Crippen molar-refractivity contribution in [3.05, 3.63) is 46.0 Å². The van der Waals surface area contributed by atoms with Gasteiger partial charge in [0.1, 0.15) is 0 Å². The van der Waals surface area contributed by atoms with Crippen molar-refractivity contribution in [2.24, 2.45) is 5.92 Å². The Morgan fingerprint density at radius 2 is 2.19 bits per heavy atom. The Bertz CT molecular complexity index is 872. The van der Waals surface area contributed by atoms with Crippen LogP contribution in [0.3, 0.4) is 0 Å². The van der Waals surface area contributed by atoms with E-state index < -0.39 is 0 Å². The third kappa shape index (κ3) is 3.11. The molecule has 0 aromatic carbocycles. The summed E-state index contributed by atoms with van der Waals surface area (Å²) in [6.45, 7) is 6.15. The number of nitrogens with zero attached hydrogens (tertiary/aromatic N) is 4. The predicted molar refractivity (Wildman–Crippen MR) is 93.7 cm³/mol. The van der Waals surface area contributed by atoms with E-state index in [4.69, 9.17) is 4.52 Å². The topological polar surface area (TPSA) is 93.3 Å². The summed E-state index contributed by atoms with van der Waals surface area (Å²) in [6.07, 6.45) is 1.02. The number of amides is 2. The molecule has 0 radical (unpaired) electrons. The summed E-state index contributed by atoms with van der Waals surface area (Å²) in [5, 5.41) is 6.77. The van der Waals surface area contributed by atoms with Crippen LogP contribution in [-0.2, 0) is 13.1 Å². The maximum atomic E-state index is 12.6. The van der Waals surface area contributed by atoms with E-state index in [0.29, 0.717) is 37.3 Å². The highest BCUT2D eigenvalue weighted by molar-refractivity contribution is 5.74. The number of likely N-dealkylation sites (tertiary alicyclic amines) is 1.